The minimum Gasteiger partial charge on any atom is -0.288 e. The second-order valence-corrected chi connectivity index (χ2v) is 5.38. The number of carbonyl (C=O) groups excluding carboxylic acids is 2. The largest absolute Gasteiger partial charge is 0.358 e. The predicted octanol–water partition coefficient (Wildman–Crippen LogP) is 4.55. The first-order chi connectivity index (χ1) is 11.8. The zero-order valence-electron chi connectivity index (χ0n) is 13.1. The van der Waals surface area contributed by atoms with Crippen LogP contribution in [0.4, 0.5) is 0 Å². The second kappa shape index (κ2) is 7.34. The van der Waals surface area contributed by atoms with E-state index in [1.54, 1.807) is 30.3 Å². The van der Waals surface area contributed by atoms with E-state index in [0.717, 1.165) is 5.56 Å². The van der Waals surface area contributed by atoms with Crippen LogP contribution in [0.2, 0.25) is 0 Å². The molecule has 1 N–H and O–H groups in total. The topological polar surface area (TPSA) is 38.5 Å². The summed E-state index contributed by atoms with van der Waals surface area (Å²) in [5, 5.41) is 0. The normalized spacial score (nSPS) is 11.1. The number of allylic oxidation sites excluding steroid dienone is 1. The van der Waals surface area contributed by atoms with Gasteiger partial charge in [0.25, 0.3) is 0 Å². The Morgan fingerprint density at radius 3 is 1.67 bits per heavy atom. The van der Waals surface area contributed by atoms with Crippen LogP contribution in [0.5, 0.6) is 0 Å². The van der Waals surface area contributed by atoms with Gasteiger partial charge >= 0.3 is 5.78 Å². The number of Topliss-reactive ketones (excluding diaryl/α,β-unsaturated/α-hetero) is 1. The molecule has 0 aliphatic carbocycles. The van der Waals surface area contributed by atoms with Crippen molar-refractivity contribution in [3.05, 3.63) is 113 Å². The van der Waals surface area contributed by atoms with Crippen LogP contribution in [0.3, 0.4) is 0 Å². The van der Waals surface area contributed by atoms with Gasteiger partial charge in [0.1, 0.15) is 5.57 Å². The molecule has 0 aromatic heterocycles. The smallest absolute Gasteiger partial charge is 0.288 e. The molecule has 0 amide bonds. The summed E-state index contributed by atoms with van der Waals surface area (Å²) in [6.45, 7) is 0. The van der Waals surface area contributed by atoms with Crippen LogP contribution in [0, 0.1) is 0 Å². The van der Waals surface area contributed by atoms with Crippen LogP contribution in [-0.4, -0.2) is 16.4 Å². The summed E-state index contributed by atoms with van der Waals surface area (Å²) in [5.41, 5.74) is 2.30. The van der Waals surface area contributed by atoms with Crippen molar-refractivity contribution in [1.29, 1.82) is 0 Å². The third kappa shape index (κ3) is 3.55. The third-order valence-electron chi connectivity index (χ3n) is 3.69. The van der Waals surface area contributed by atoms with Gasteiger partial charge in [-0.2, -0.15) is 0 Å². The summed E-state index contributed by atoms with van der Waals surface area (Å²) in [4.78, 5) is 23.6. The van der Waals surface area contributed by atoms with Gasteiger partial charge in [-0.25, -0.2) is 0 Å². The Labute approximate surface area is 141 Å². The van der Waals surface area contributed by atoms with Gasteiger partial charge in [-0.3, -0.25) is 9.59 Å². The average molecular weight is 313 g/mol. The zero-order valence-corrected chi connectivity index (χ0v) is 13.1. The molecule has 0 radical (unpaired) electrons. The van der Waals surface area contributed by atoms with E-state index in [4.69, 9.17) is 0 Å². The minimum atomic E-state index is -0.208. The molecule has 3 aromatic rings. The first-order valence-corrected chi connectivity index (χ1v) is 7.74. The highest BCUT2D eigenvalue weighted by molar-refractivity contribution is 6.33. The molecule has 0 saturated heterocycles. The van der Waals surface area contributed by atoms with E-state index in [-0.39, 0.29) is 17.1 Å². The highest BCUT2D eigenvalue weighted by atomic mass is 16.1. The fourth-order valence-corrected chi connectivity index (χ4v) is 2.45. The first-order valence-electron chi connectivity index (χ1n) is 7.74. The first kappa shape index (κ1) is 15.6. The lowest BCUT2D eigenvalue weighted by molar-refractivity contribution is 0.104. The Morgan fingerprint density at radius 1 is 0.667 bits per heavy atom. The predicted molar refractivity (Wildman–Crippen MR) is 97.7 cm³/mol. The molecule has 116 valence electrons. The van der Waals surface area contributed by atoms with Gasteiger partial charge in [-0.15, -0.1) is 0 Å². The van der Waals surface area contributed by atoms with Crippen molar-refractivity contribution in [3.8, 4) is 0 Å². The van der Waals surface area contributed by atoms with Crippen LogP contribution in [0.1, 0.15) is 21.5 Å². The summed E-state index contributed by atoms with van der Waals surface area (Å²) >= 11 is 0. The van der Waals surface area contributed by atoms with Crippen molar-refractivity contribution < 1.29 is 9.59 Å². The van der Waals surface area contributed by atoms with Crippen LogP contribution >= 0.6 is 0 Å². The van der Waals surface area contributed by atoms with Gasteiger partial charge in [0.15, 0.2) is 0 Å². The number of ketones is 2. The number of rotatable bonds is 5. The Balaban J connectivity index is 2.06. The third-order valence-corrected chi connectivity index (χ3v) is 3.69. The van der Waals surface area contributed by atoms with E-state index in [1.807, 2.05) is 66.7 Å². The number of hydrogen-bond donors (Lipinski definition) is 0. The summed E-state index contributed by atoms with van der Waals surface area (Å²) in [6, 6.07) is 27.6. The van der Waals surface area contributed by atoms with E-state index < -0.39 is 0 Å². The van der Waals surface area contributed by atoms with Crippen LogP contribution in [-0.2, 0) is 0 Å². The number of benzene rings is 3. The van der Waals surface area contributed by atoms with Crippen molar-refractivity contribution >= 4 is 17.6 Å². The molecule has 24 heavy (non-hydrogen) atoms. The minimum absolute atomic E-state index is 0.0201. The van der Waals surface area contributed by atoms with Crippen molar-refractivity contribution in [2.75, 3.05) is 0 Å². The monoisotopic (exact) mass is 313 g/mol. The fraction of sp³-hybridized carbons (Fsp3) is 0. The molecule has 3 rings (SSSR count). The van der Waals surface area contributed by atoms with Gasteiger partial charge in [0.2, 0.25) is 5.78 Å². The highest BCUT2D eigenvalue weighted by Gasteiger charge is 2.26. The van der Waals surface area contributed by atoms with Crippen LogP contribution in [0.25, 0.3) is 6.08 Å². The van der Waals surface area contributed by atoms with Gasteiger partial charge in [0, 0.05) is 5.56 Å². The van der Waals surface area contributed by atoms with E-state index in [0.29, 0.717) is 11.1 Å². The standard InChI is InChI=1S/C22H16O2/c23-21(18-12-6-2-7-13-18)20(16-17-10-4-1-5-11-17)22(24)19-14-8-3-9-15-19/h1-16H/p+1. The lowest BCUT2D eigenvalue weighted by Gasteiger charge is -2.03. The molecule has 0 aliphatic heterocycles. The molecule has 0 aliphatic rings. The zero-order chi connectivity index (χ0) is 16.8. The molecule has 0 bridgehead atoms. The maximum Gasteiger partial charge on any atom is 0.358 e. The molecule has 0 fully saturated rings. The Morgan fingerprint density at radius 2 is 1.12 bits per heavy atom. The Kier molecular flexibility index (Phi) is 4.78. The van der Waals surface area contributed by atoms with Gasteiger partial charge in [-0.1, -0.05) is 78.9 Å². The van der Waals surface area contributed by atoms with Crippen LogP contribution in [0.15, 0.2) is 96.6 Å². The number of carbonyl (C=O) groups is 1. The summed E-state index contributed by atoms with van der Waals surface area (Å²) in [6.07, 6.45) is 1.72. The quantitative estimate of drug-likeness (QED) is 0.224. The lowest BCUT2D eigenvalue weighted by atomic mass is 9.94. The summed E-state index contributed by atoms with van der Waals surface area (Å²) in [5.74, 6) is -0.228. The van der Waals surface area contributed by atoms with E-state index in [2.05, 4.69) is 0 Å². The molecule has 0 spiro atoms. The summed E-state index contributed by atoms with van der Waals surface area (Å²) in [7, 11) is 0. The molecule has 2 nitrogen and oxygen atoms in total. The molecule has 0 heterocycles. The molecular formula is C22H17O2+. The second-order valence-electron chi connectivity index (χ2n) is 5.38. The Hall–Kier alpha value is -3.26. The van der Waals surface area contributed by atoms with E-state index in [1.165, 1.54) is 0 Å². The number of hydrogen-bond acceptors (Lipinski definition) is 1. The maximum atomic E-state index is 12.9. The Bertz CT molecular complexity index is 810. The van der Waals surface area contributed by atoms with Gasteiger partial charge in [-0.05, 0) is 23.8 Å². The van der Waals surface area contributed by atoms with Crippen molar-refractivity contribution in [3.63, 3.8) is 0 Å². The van der Waals surface area contributed by atoms with Gasteiger partial charge < -0.3 is 0 Å². The maximum absolute atomic E-state index is 12.9. The van der Waals surface area contributed by atoms with E-state index in [9.17, 15) is 9.59 Å². The van der Waals surface area contributed by atoms with Gasteiger partial charge in [0.05, 0.1) is 5.56 Å². The van der Waals surface area contributed by atoms with Crippen molar-refractivity contribution in [2.24, 2.45) is 0 Å². The van der Waals surface area contributed by atoms with Crippen molar-refractivity contribution in [1.82, 2.24) is 0 Å². The van der Waals surface area contributed by atoms with Crippen molar-refractivity contribution in [2.45, 2.75) is 0 Å². The summed E-state index contributed by atoms with van der Waals surface area (Å²) < 4.78 is 0. The fourth-order valence-electron chi connectivity index (χ4n) is 2.45. The highest BCUT2D eigenvalue weighted by Crippen LogP contribution is 2.17. The average Bonchev–Trinajstić information content (AvgIpc) is 2.67. The molecular weight excluding hydrogens is 296 g/mol. The lowest BCUT2D eigenvalue weighted by Crippen LogP contribution is -2.14. The van der Waals surface area contributed by atoms with E-state index >= 15 is 0 Å². The molecule has 2 heteroatoms. The molecule has 0 atom stereocenters. The molecule has 3 aromatic carbocycles. The molecule has 0 unspecified atom stereocenters. The molecule has 0 saturated carbocycles. The van der Waals surface area contributed by atoms with Crippen LogP contribution < -0.4 is 0 Å². The SMILES string of the molecule is O=C(/C(=C\c1ccccc1)C(=[OH+])c1ccccc1)c1ccccc1.